The van der Waals surface area contributed by atoms with Crippen molar-refractivity contribution in [2.45, 2.75) is 85.7 Å². The van der Waals surface area contributed by atoms with Gasteiger partial charge in [-0.3, -0.25) is 39.0 Å². The van der Waals surface area contributed by atoms with Gasteiger partial charge >= 0.3 is 5.97 Å². The number of amides is 4. The van der Waals surface area contributed by atoms with Gasteiger partial charge in [0.25, 0.3) is 5.69 Å². The molecular weight excluding hydrogens is 600 g/mol. The minimum atomic E-state index is -0.879. The van der Waals surface area contributed by atoms with E-state index in [4.69, 9.17) is 14.2 Å². The van der Waals surface area contributed by atoms with E-state index in [1.165, 1.54) is 24.1 Å². The van der Waals surface area contributed by atoms with Crippen molar-refractivity contribution in [3.8, 4) is 11.5 Å². The zero-order chi connectivity index (χ0) is 34.4. The molecule has 256 valence electrons. The first-order valence-corrected chi connectivity index (χ1v) is 15.8. The number of methoxy groups -OCH3 is 1. The molecule has 1 saturated heterocycles. The molecule has 4 amide bonds. The molecule has 46 heavy (non-hydrogen) atoms. The summed E-state index contributed by atoms with van der Waals surface area (Å²) in [7, 11) is 1.39. The van der Waals surface area contributed by atoms with Crippen LogP contribution < -0.4 is 20.1 Å². The second-order valence-corrected chi connectivity index (χ2v) is 12.0. The number of unbranched alkanes of at least 4 members (excludes halogenated alkanes) is 2. The van der Waals surface area contributed by atoms with Crippen LogP contribution in [0.25, 0.3) is 0 Å². The molecule has 14 heteroatoms. The molecule has 2 N–H and O–H groups in total. The minimum Gasteiger partial charge on any atom is -0.493 e. The summed E-state index contributed by atoms with van der Waals surface area (Å²) in [5.74, 6) is -1.21. The average Bonchev–Trinajstić information content (AvgIpc) is 3.29. The number of esters is 1. The summed E-state index contributed by atoms with van der Waals surface area (Å²) in [6.45, 7) is 9.75. The molecule has 0 radical (unpaired) electrons. The van der Waals surface area contributed by atoms with Crippen LogP contribution in [0.15, 0.2) is 12.1 Å². The van der Waals surface area contributed by atoms with Crippen molar-refractivity contribution in [3.05, 3.63) is 27.8 Å². The van der Waals surface area contributed by atoms with Gasteiger partial charge in [-0.15, -0.1) is 0 Å². The summed E-state index contributed by atoms with van der Waals surface area (Å²) in [6.07, 6.45) is 2.17. The SMILES string of the molecule is COc1cc(C(C)OC(=O)C(C)C)c([N+](=O)[O-])cc1OCCCC(=O)NCCNC(=O)CCCCCN1C(=O)CC(C(C)C)C1=O. The van der Waals surface area contributed by atoms with Crippen LogP contribution in [0.5, 0.6) is 11.5 Å². The Kier molecular flexibility index (Phi) is 15.4. The molecular formula is C32H48N4O10. The molecule has 0 saturated carbocycles. The second kappa shape index (κ2) is 18.7. The number of hydrogen-bond donors (Lipinski definition) is 2. The number of nitrogens with zero attached hydrogens (tertiary/aromatic N) is 2. The maximum atomic E-state index is 12.3. The van der Waals surface area contributed by atoms with Gasteiger partial charge in [0.2, 0.25) is 23.6 Å². The quantitative estimate of drug-likeness (QED) is 0.0692. The molecule has 1 aliphatic rings. The highest BCUT2D eigenvalue weighted by Gasteiger charge is 2.39. The first kappa shape index (κ1) is 38.0. The fourth-order valence-electron chi connectivity index (χ4n) is 4.89. The predicted octanol–water partition coefficient (Wildman–Crippen LogP) is 3.85. The number of nitro benzene ring substituents is 1. The topological polar surface area (TPSA) is 183 Å². The molecule has 1 aliphatic heterocycles. The fourth-order valence-corrected chi connectivity index (χ4v) is 4.89. The van der Waals surface area contributed by atoms with E-state index in [9.17, 15) is 34.1 Å². The minimum absolute atomic E-state index is 0.0906. The summed E-state index contributed by atoms with van der Waals surface area (Å²) >= 11 is 0. The van der Waals surface area contributed by atoms with Crippen LogP contribution in [0.2, 0.25) is 0 Å². The summed E-state index contributed by atoms with van der Waals surface area (Å²) in [6, 6.07) is 2.63. The van der Waals surface area contributed by atoms with Crippen molar-refractivity contribution >= 4 is 35.3 Å². The second-order valence-electron chi connectivity index (χ2n) is 12.0. The highest BCUT2D eigenvalue weighted by molar-refractivity contribution is 6.03. The maximum absolute atomic E-state index is 12.3. The highest BCUT2D eigenvalue weighted by atomic mass is 16.6. The summed E-state index contributed by atoms with van der Waals surface area (Å²) in [4.78, 5) is 73.2. The standard InChI is InChI=1S/C32H48N4O10/c1-20(2)23-18-30(39)35(31(23)40)15-9-7-8-11-28(37)33-13-14-34-29(38)12-10-16-45-27-19-25(36(42)43)24(17-26(27)44-6)22(5)46-32(41)21(3)4/h17,19-23H,7-16,18H2,1-6H3,(H,33,37)(H,34,38). The van der Waals surface area contributed by atoms with Gasteiger partial charge in [0.05, 0.1) is 36.2 Å². The molecule has 1 heterocycles. The van der Waals surface area contributed by atoms with Crippen molar-refractivity contribution in [3.63, 3.8) is 0 Å². The molecule has 1 aromatic rings. The van der Waals surface area contributed by atoms with Crippen LogP contribution >= 0.6 is 0 Å². The van der Waals surface area contributed by atoms with E-state index in [1.807, 2.05) is 13.8 Å². The van der Waals surface area contributed by atoms with Crippen LogP contribution in [-0.4, -0.2) is 72.8 Å². The number of ether oxygens (including phenoxy) is 3. The lowest BCUT2D eigenvalue weighted by Crippen LogP contribution is -2.34. The largest absolute Gasteiger partial charge is 0.493 e. The third kappa shape index (κ3) is 11.6. The van der Waals surface area contributed by atoms with E-state index >= 15 is 0 Å². The van der Waals surface area contributed by atoms with Gasteiger partial charge in [-0.1, -0.05) is 34.1 Å². The van der Waals surface area contributed by atoms with Gasteiger partial charge in [0, 0.05) is 44.8 Å². The number of carbonyl (C=O) groups excluding carboxylic acids is 5. The molecule has 0 bridgehead atoms. The Morgan fingerprint density at radius 3 is 2.13 bits per heavy atom. The molecule has 2 atom stereocenters. The molecule has 0 aliphatic carbocycles. The number of nitro groups is 1. The van der Waals surface area contributed by atoms with E-state index < -0.39 is 22.9 Å². The molecule has 2 rings (SSSR count). The lowest BCUT2D eigenvalue weighted by Gasteiger charge is -2.18. The fraction of sp³-hybridized carbons (Fsp3) is 0.656. The van der Waals surface area contributed by atoms with Gasteiger partial charge in [0.1, 0.15) is 6.10 Å². The number of imide groups is 1. The van der Waals surface area contributed by atoms with Crippen molar-refractivity contribution in [2.24, 2.45) is 17.8 Å². The van der Waals surface area contributed by atoms with Crippen molar-refractivity contribution < 1.29 is 43.1 Å². The Morgan fingerprint density at radius 2 is 1.59 bits per heavy atom. The Labute approximate surface area is 270 Å². The number of nitrogens with one attached hydrogen (secondary N) is 2. The predicted molar refractivity (Wildman–Crippen MR) is 168 cm³/mol. The first-order valence-electron chi connectivity index (χ1n) is 15.8. The van der Waals surface area contributed by atoms with E-state index in [2.05, 4.69) is 10.6 Å². The first-order chi connectivity index (χ1) is 21.8. The van der Waals surface area contributed by atoms with E-state index in [0.29, 0.717) is 38.6 Å². The Hall–Kier alpha value is -4.23. The van der Waals surface area contributed by atoms with Gasteiger partial charge < -0.3 is 24.8 Å². The van der Waals surface area contributed by atoms with Crippen molar-refractivity contribution in [1.82, 2.24) is 15.5 Å². The Balaban J connectivity index is 1.65. The Morgan fingerprint density at radius 1 is 0.957 bits per heavy atom. The number of rotatable bonds is 20. The molecule has 0 spiro atoms. The zero-order valence-corrected chi connectivity index (χ0v) is 27.7. The lowest BCUT2D eigenvalue weighted by atomic mass is 9.94. The van der Waals surface area contributed by atoms with Crippen LogP contribution in [0.1, 0.15) is 91.2 Å². The van der Waals surface area contributed by atoms with Crippen molar-refractivity contribution in [1.29, 1.82) is 0 Å². The number of likely N-dealkylation sites (tertiary alicyclic amines) is 1. The zero-order valence-electron chi connectivity index (χ0n) is 27.7. The summed E-state index contributed by atoms with van der Waals surface area (Å²) in [5, 5.41) is 17.2. The van der Waals surface area contributed by atoms with Gasteiger partial charge in [0.15, 0.2) is 11.5 Å². The molecule has 1 aromatic carbocycles. The third-order valence-corrected chi connectivity index (χ3v) is 7.66. The van der Waals surface area contributed by atoms with Crippen molar-refractivity contribution in [2.75, 3.05) is 33.4 Å². The molecule has 2 unspecified atom stereocenters. The highest BCUT2D eigenvalue weighted by Crippen LogP contribution is 2.38. The van der Waals surface area contributed by atoms with Gasteiger partial charge in [-0.05, 0) is 38.2 Å². The number of benzene rings is 1. The maximum Gasteiger partial charge on any atom is 0.308 e. The van der Waals surface area contributed by atoms with E-state index in [1.54, 1.807) is 20.8 Å². The van der Waals surface area contributed by atoms with Gasteiger partial charge in [-0.25, -0.2) is 0 Å². The summed E-state index contributed by atoms with van der Waals surface area (Å²) < 4.78 is 16.3. The van der Waals surface area contributed by atoms with Crippen LogP contribution in [0.3, 0.4) is 0 Å². The monoisotopic (exact) mass is 648 g/mol. The number of hydrogen-bond acceptors (Lipinski definition) is 10. The van der Waals surface area contributed by atoms with E-state index in [0.717, 1.165) is 0 Å². The molecule has 0 aromatic heterocycles. The summed E-state index contributed by atoms with van der Waals surface area (Å²) in [5.41, 5.74) is -0.114. The lowest BCUT2D eigenvalue weighted by molar-refractivity contribution is -0.386. The Bertz CT molecular complexity index is 1250. The average molecular weight is 649 g/mol. The van der Waals surface area contributed by atoms with Gasteiger partial charge in [-0.2, -0.15) is 0 Å². The molecule has 14 nitrogen and oxygen atoms in total. The normalized spacial score (nSPS) is 15.2. The van der Waals surface area contributed by atoms with Crippen LogP contribution in [0.4, 0.5) is 5.69 Å². The number of carbonyl (C=O) groups is 5. The smallest absolute Gasteiger partial charge is 0.308 e. The van der Waals surface area contributed by atoms with E-state index in [-0.39, 0.29) is 90.8 Å². The van der Waals surface area contributed by atoms with Crippen LogP contribution in [0, 0.1) is 27.9 Å². The van der Waals surface area contributed by atoms with Crippen LogP contribution in [-0.2, 0) is 28.7 Å². The molecule has 1 fully saturated rings. The third-order valence-electron chi connectivity index (χ3n) is 7.66.